The first-order valence-electron chi connectivity index (χ1n) is 12.1. The minimum absolute atomic E-state index is 0.0777. The molecule has 2 amide bonds. The normalized spacial score (nSPS) is 17.0. The number of piperazine rings is 1. The minimum atomic E-state index is -0.0777. The van der Waals surface area contributed by atoms with Crippen molar-refractivity contribution in [2.45, 2.75) is 38.0 Å². The Morgan fingerprint density at radius 1 is 0.971 bits per heavy atom. The first-order valence-corrected chi connectivity index (χ1v) is 12.1. The maximum Gasteiger partial charge on any atom is 0.321 e. The second kappa shape index (κ2) is 10.2. The summed E-state index contributed by atoms with van der Waals surface area (Å²) in [6.07, 6.45) is 6.08. The molecule has 2 heterocycles. The van der Waals surface area contributed by atoms with Gasteiger partial charge in [0.25, 0.3) is 0 Å². The predicted octanol–water partition coefficient (Wildman–Crippen LogP) is 5.15. The Morgan fingerprint density at radius 3 is 2.35 bits per heavy atom. The summed E-state index contributed by atoms with van der Waals surface area (Å²) in [7, 11) is 1.62. The summed E-state index contributed by atoms with van der Waals surface area (Å²) in [5.74, 6) is 2.61. The molecule has 8 nitrogen and oxygen atoms in total. The van der Waals surface area contributed by atoms with E-state index in [-0.39, 0.29) is 6.03 Å². The highest BCUT2D eigenvalue weighted by molar-refractivity contribution is 5.89. The number of ether oxygens (including phenoxy) is 1. The van der Waals surface area contributed by atoms with Gasteiger partial charge in [-0.05, 0) is 61.4 Å². The lowest BCUT2D eigenvalue weighted by molar-refractivity contribution is 0.208. The van der Waals surface area contributed by atoms with Crippen molar-refractivity contribution in [2.24, 2.45) is 0 Å². The Morgan fingerprint density at radius 2 is 1.68 bits per heavy atom. The molecule has 2 fully saturated rings. The van der Waals surface area contributed by atoms with Crippen molar-refractivity contribution in [1.29, 1.82) is 0 Å². The number of benzene rings is 2. The first kappa shape index (κ1) is 22.3. The van der Waals surface area contributed by atoms with E-state index in [1.807, 2.05) is 41.3 Å². The summed E-state index contributed by atoms with van der Waals surface area (Å²) in [6.45, 7) is 2.89. The molecule has 0 unspecified atom stereocenters. The lowest BCUT2D eigenvalue weighted by Gasteiger charge is -2.36. The molecule has 2 aromatic carbocycles. The van der Waals surface area contributed by atoms with Gasteiger partial charge in [-0.15, -0.1) is 0 Å². The van der Waals surface area contributed by atoms with E-state index in [9.17, 15) is 4.79 Å². The molecular formula is C26H31N5O3. The fourth-order valence-corrected chi connectivity index (χ4v) is 4.73. The van der Waals surface area contributed by atoms with Gasteiger partial charge in [0.15, 0.2) is 0 Å². The number of hydrogen-bond donors (Lipinski definition) is 1. The summed E-state index contributed by atoms with van der Waals surface area (Å²) in [4.78, 5) is 21.4. The van der Waals surface area contributed by atoms with Crippen LogP contribution in [0.5, 0.6) is 5.75 Å². The standard InChI is InChI=1S/C26H31N5O3/c1-33-23-13-9-21(10-14-23)27-26(32)31-17-15-30(16-18-31)22-11-7-19(8-12-22)24-28-25(34-29-24)20-5-3-2-4-6-20/h7-14,20H,2-6,15-18H2,1H3,(H,27,32). The van der Waals surface area contributed by atoms with E-state index in [2.05, 4.69) is 32.5 Å². The van der Waals surface area contributed by atoms with Gasteiger partial charge in [-0.3, -0.25) is 0 Å². The predicted molar refractivity (Wildman–Crippen MR) is 131 cm³/mol. The molecule has 5 rings (SSSR count). The largest absolute Gasteiger partial charge is 0.497 e. The summed E-state index contributed by atoms with van der Waals surface area (Å²) < 4.78 is 10.7. The fraction of sp³-hybridized carbons (Fsp3) is 0.423. The number of methoxy groups -OCH3 is 1. The average Bonchev–Trinajstić information content (AvgIpc) is 3.40. The van der Waals surface area contributed by atoms with E-state index in [1.54, 1.807) is 7.11 Å². The summed E-state index contributed by atoms with van der Waals surface area (Å²) in [5.41, 5.74) is 2.86. The van der Waals surface area contributed by atoms with Gasteiger partial charge in [0.1, 0.15) is 5.75 Å². The van der Waals surface area contributed by atoms with Crippen molar-refractivity contribution < 1.29 is 14.1 Å². The van der Waals surface area contributed by atoms with Gasteiger partial charge in [0.05, 0.1) is 7.11 Å². The molecule has 0 bridgehead atoms. The summed E-state index contributed by atoms with van der Waals surface area (Å²) in [6, 6.07) is 15.6. The van der Waals surface area contributed by atoms with Crippen molar-refractivity contribution in [3.8, 4) is 17.1 Å². The van der Waals surface area contributed by atoms with Gasteiger partial charge in [-0.1, -0.05) is 24.4 Å². The van der Waals surface area contributed by atoms with E-state index in [4.69, 9.17) is 9.26 Å². The van der Waals surface area contributed by atoms with Crippen molar-refractivity contribution in [3.05, 3.63) is 54.4 Å². The Kier molecular flexibility index (Phi) is 6.65. The number of carbonyl (C=O) groups excluding carboxylic acids is 1. The van der Waals surface area contributed by atoms with Gasteiger partial charge in [0, 0.05) is 49.0 Å². The van der Waals surface area contributed by atoms with Crippen LogP contribution in [0.4, 0.5) is 16.2 Å². The lowest BCUT2D eigenvalue weighted by Crippen LogP contribution is -2.50. The summed E-state index contributed by atoms with van der Waals surface area (Å²) >= 11 is 0. The van der Waals surface area contributed by atoms with Crippen LogP contribution in [-0.4, -0.2) is 54.4 Å². The molecule has 1 aliphatic carbocycles. The van der Waals surface area contributed by atoms with Gasteiger partial charge >= 0.3 is 6.03 Å². The van der Waals surface area contributed by atoms with Crippen LogP contribution in [-0.2, 0) is 0 Å². The van der Waals surface area contributed by atoms with Crippen LogP contribution in [0.15, 0.2) is 53.1 Å². The lowest BCUT2D eigenvalue weighted by atomic mass is 9.89. The van der Waals surface area contributed by atoms with Gasteiger partial charge in [-0.2, -0.15) is 4.98 Å². The second-order valence-electron chi connectivity index (χ2n) is 8.97. The molecule has 2 aliphatic rings. The van der Waals surface area contributed by atoms with Crippen molar-refractivity contribution in [3.63, 3.8) is 0 Å². The third kappa shape index (κ3) is 5.00. The summed E-state index contributed by atoms with van der Waals surface area (Å²) in [5, 5.41) is 7.18. The molecule has 178 valence electrons. The zero-order valence-electron chi connectivity index (χ0n) is 19.6. The van der Waals surface area contributed by atoms with Crippen LogP contribution in [0.3, 0.4) is 0 Å². The van der Waals surface area contributed by atoms with Crippen LogP contribution >= 0.6 is 0 Å². The fourth-order valence-electron chi connectivity index (χ4n) is 4.73. The molecule has 0 radical (unpaired) electrons. The molecule has 1 saturated carbocycles. The number of aromatic nitrogens is 2. The zero-order chi connectivity index (χ0) is 23.3. The van der Waals surface area contributed by atoms with Crippen LogP contribution in [0, 0.1) is 0 Å². The Balaban J connectivity index is 1.15. The maximum absolute atomic E-state index is 12.6. The highest BCUT2D eigenvalue weighted by atomic mass is 16.5. The molecule has 3 aromatic rings. The monoisotopic (exact) mass is 461 g/mol. The molecule has 34 heavy (non-hydrogen) atoms. The molecule has 0 spiro atoms. The number of carbonyl (C=O) groups is 1. The van der Waals surface area contributed by atoms with E-state index in [0.717, 1.165) is 54.5 Å². The van der Waals surface area contributed by atoms with E-state index in [0.29, 0.717) is 24.8 Å². The molecule has 8 heteroatoms. The van der Waals surface area contributed by atoms with Gasteiger partial charge < -0.3 is 24.4 Å². The smallest absolute Gasteiger partial charge is 0.321 e. The first-order chi connectivity index (χ1) is 16.7. The van der Waals surface area contributed by atoms with Crippen molar-refractivity contribution in [1.82, 2.24) is 15.0 Å². The van der Waals surface area contributed by atoms with Gasteiger partial charge in [0.2, 0.25) is 11.7 Å². The molecule has 1 saturated heterocycles. The number of anilines is 2. The van der Waals surface area contributed by atoms with Gasteiger partial charge in [-0.25, -0.2) is 4.79 Å². The van der Waals surface area contributed by atoms with Crippen molar-refractivity contribution >= 4 is 17.4 Å². The number of rotatable bonds is 5. The van der Waals surface area contributed by atoms with Crippen LogP contribution in [0.25, 0.3) is 11.4 Å². The zero-order valence-corrected chi connectivity index (χ0v) is 19.6. The van der Waals surface area contributed by atoms with Crippen LogP contribution in [0.1, 0.15) is 43.9 Å². The number of amides is 2. The topological polar surface area (TPSA) is 83.7 Å². The van der Waals surface area contributed by atoms with Crippen molar-refractivity contribution in [2.75, 3.05) is 43.5 Å². The number of urea groups is 1. The third-order valence-electron chi connectivity index (χ3n) is 6.79. The number of nitrogens with one attached hydrogen (secondary N) is 1. The Bertz CT molecular complexity index is 1080. The molecule has 0 atom stereocenters. The minimum Gasteiger partial charge on any atom is -0.497 e. The quantitative estimate of drug-likeness (QED) is 0.566. The number of hydrogen-bond acceptors (Lipinski definition) is 6. The maximum atomic E-state index is 12.6. The number of nitrogens with zero attached hydrogens (tertiary/aromatic N) is 4. The second-order valence-corrected chi connectivity index (χ2v) is 8.97. The highest BCUT2D eigenvalue weighted by Gasteiger charge is 2.23. The Labute approximate surface area is 199 Å². The van der Waals surface area contributed by atoms with E-state index in [1.165, 1.54) is 19.3 Å². The SMILES string of the molecule is COc1ccc(NC(=O)N2CCN(c3ccc(-c4noc(C5CCCCC5)n4)cc3)CC2)cc1. The molecule has 1 aromatic heterocycles. The molecule has 1 N–H and O–H groups in total. The third-order valence-corrected chi connectivity index (χ3v) is 6.79. The van der Waals surface area contributed by atoms with Crippen LogP contribution in [0.2, 0.25) is 0 Å². The average molecular weight is 462 g/mol. The molecular weight excluding hydrogens is 430 g/mol. The van der Waals surface area contributed by atoms with Crippen LogP contribution < -0.4 is 15.0 Å². The highest BCUT2D eigenvalue weighted by Crippen LogP contribution is 2.32. The molecule has 1 aliphatic heterocycles. The Hall–Kier alpha value is -3.55. The van der Waals surface area contributed by atoms with E-state index < -0.39 is 0 Å². The van der Waals surface area contributed by atoms with E-state index >= 15 is 0 Å².